The van der Waals surface area contributed by atoms with E-state index in [4.69, 9.17) is 4.74 Å². The van der Waals surface area contributed by atoms with Gasteiger partial charge in [0.25, 0.3) is 0 Å². The van der Waals surface area contributed by atoms with Crippen molar-refractivity contribution in [2.45, 2.75) is 38.8 Å². The van der Waals surface area contributed by atoms with Gasteiger partial charge in [0.15, 0.2) is 0 Å². The molecule has 0 radical (unpaired) electrons. The Balaban J connectivity index is 2.61. The second-order valence-electron chi connectivity index (χ2n) is 4.33. The van der Waals surface area contributed by atoms with Gasteiger partial charge in [-0.15, -0.1) is 0 Å². The zero-order chi connectivity index (χ0) is 12.7. The zero-order valence-corrected chi connectivity index (χ0v) is 10.9. The molecule has 0 aliphatic carbocycles. The van der Waals surface area contributed by atoms with E-state index in [1.165, 1.54) is 12.1 Å². The van der Waals surface area contributed by atoms with Crippen molar-refractivity contribution in [1.29, 1.82) is 0 Å². The van der Waals surface area contributed by atoms with Gasteiger partial charge in [-0.3, -0.25) is 0 Å². The molecule has 0 saturated heterocycles. The average molecular weight is 239 g/mol. The third-order valence-electron chi connectivity index (χ3n) is 2.96. The van der Waals surface area contributed by atoms with Crippen molar-refractivity contribution >= 4 is 0 Å². The normalized spacial score (nSPS) is 14.6. The molecule has 0 spiro atoms. The minimum absolute atomic E-state index is 0.145. The van der Waals surface area contributed by atoms with Crippen LogP contribution in [-0.4, -0.2) is 25.8 Å². The van der Waals surface area contributed by atoms with Crippen LogP contribution in [0.5, 0.6) is 0 Å². The maximum atomic E-state index is 12.8. The van der Waals surface area contributed by atoms with Crippen LogP contribution in [0.3, 0.4) is 0 Å². The van der Waals surface area contributed by atoms with E-state index in [-0.39, 0.29) is 18.0 Å². The largest absolute Gasteiger partial charge is 0.380 e. The van der Waals surface area contributed by atoms with Gasteiger partial charge >= 0.3 is 0 Å². The summed E-state index contributed by atoms with van der Waals surface area (Å²) in [4.78, 5) is 0. The molecule has 0 fully saturated rings. The first-order chi connectivity index (χ1) is 8.17. The lowest BCUT2D eigenvalue weighted by Gasteiger charge is -2.24. The molecule has 0 aliphatic heterocycles. The molecule has 2 unspecified atom stereocenters. The van der Waals surface area contributed by atoms with Gasteiger partial charge in [0.2, 0.25) is 0 Å². The van der Waals surface area contributed by atoms with Crippen LogP contribution in [0.2, 0.25) is 0 Å². The predicted octanol–water partition coefficient (Wildman–Crippen LogP) is 2.77. The number of rotatable bonds is 7. The monoisotopic (exact) mass is 239 g/mol. The van der Waals surface area contributed by atoms with Gasteiger partial charge in [-0.1, -0.05) is 19.1 Å². The topological polar surface area (TPSA) is 21.3 Å². The third kappa shape index (κ3) is 4.84. The highest BCUT2D eigenvalue weighted by Gasteiger charge is 2.16. The minimum Gasteiger partial charge on any atom is -0.380 e. The van der Waals surface area contributed by atoms with Crippen LogP contribution in [0.25, 0.3) is 0 Å². The van der Waals surface area contributed by atoms with Gasteiger partial charge in [0.05, 0.1) is 6.10 Å². The summed E-state index contributed by atoms with van der Waals surface area (Å²) in [7, 11) is 1.72. The van der Waals surface area contributed by atoms with Crippen LogP contribution in [-0.2, 0) is 11.2 Å². The molecule has 0 saturated carbocycles. The first kappa shape index (κ1) is 14.1. The van der Waals surface area contributed by atoms with Crippen LogP contribution in [0.1, 0.15) is 25.8 Å². The number of halogens is 1. The lowest BCUT2D eigenvalue weighted by Crippen LogP contribution is -2.41. The zero-order valence-electron chi connectivity index (χ0n) is 10.9. The fourth-order valence-electron chi connectivity index (χ4n) is 1.77. The molecule has 96 valence electrons. The summed E-state index contributed by atoms with van der Waals surface area (Å²) in [6.45, 7) is 5.16. The summed E-state index contributed by atoms with van der Waals surface area (Å²) in [6.07, 6.45) is 2.10. The highest BCUT2D eigenvalue weighted by atomic mass is 19.1. The SMILES string of the molecule is CCCNC(Cc1ccc(F)cc1)C(C)OC. The van der Waals surface area contributed by atoms with E-state index in [0.29, 0.717) is 0 Å². The molecule has 1 rings (SSSR count). The summed E-state index contributed by atoms with van der Waals surface area (Å²) in [5, 5.41) is 3.46. The van der Waals surface area contributed by atoms with Crippen molar-refractivity contribution in [3.8, 4) is 0 Å². The Kier molecular flexibility index (Phi) is 6.16. The standard InChI is InChI=1S/C14H22FNO/c1-4-9-16-14(11(2)17-3)10-12-5-7-13(15)8-6-12/h5-8,11,14,16H,4,9-10H2,1-3H3. The fraction of sp³-hybridized carbons (Fsp3) is 0.571. The molecule has 3 heteroatoms. The molecule has 2 atom stereocenters. The smallest absolute Gasteiger partial charge is 0.123 e. The van der Waals surface area contributed by atoms with E-state index in [0.717, 1.165) is 24.9 Å². The van der Waals surface area contributed by atoms with Crippen molar-refractivity contribution in [3.05, 3.63) is 35.6 Å². The van der Waals surface area contributed by atoms with Crippen LogP contribution in [0, 0.1) is 5.82 Å². The first-order valence-electron chi connectivity index (χ1n) is 6.18. The molecular weight excluding hydrogens is 217 g/mol. The Labute approximate surface area is 103 Å². The predicted molar refractivity (Wildman–Crippen MR) is 68.7 cm³/mol. The number of benzene rings is 1. The summed E-state index contributed by atoms with van der Waals surface area (Å²) < 4.78 is 18.2. The molecule has 0 bridgehead atoms. The number of hydrogen-bond acceptors (Lipinski definition) is 2. The van der Waals surface area contributed by atoms with Crippen LogP contribution in [0.15, 0.2) is 24.3 Å². The summed E-state index contributed by atoms with van der Waals surface area (Å²) >= 11 is 0. The number of ether oxygens (including phenoxy) is 1. The van der Waals surface area contributed by atoms with Crippen LogP contribution < -0.4 is 5.32 Å². The van der Waals surface area contributed by atoms with E-state index in [2.05, 4.69) is 19.2 Å². The second kappa shape index (κ2) is 7.41. The molecule has 1 N–H and O–H groups in total. The molecule has 1 aromatic rings. The first-order valence-corrected chi connectivity index (χ1v) is 6.18. The van der Waals surface area contributed by atoms with Gasteiger partial charge in [-0.05, 0) is 44.0 Å². The van der Waals surface area contributed by atoms with Gasteiger partial charge in [0, 0.05) is 13.2 Å². The summed E-state index contributed by atoms with van der Waals surface area (Å²) in [5.41, 5.74) is 1.13. The van der Waals surface area contributed by atoms with Gasteiger partial charge in [-0.25, -0.2) is 4.39 Å². The van der Waals surface area contributed by atoms with Crippen molar-refractivity contribution in [2.24, 2.45) is 0 Å². The Morgan fingerprint density at radius 3 is 2.47 bits per heavy atom. The highest BCUT2D eigenvalue weighted by Crippen LogP contribution is 2.09. The molecule has 1 aromatic carbocycles. The van der Waals surface area contributed by atoms with Gasteiger partial charge < -0.3 is 10.1 Å². The number of nitrogens with one attached hydrogen (secondary N) is 1. The Morgan fingerprint density at radius 2 is 1.94 bits per heavy atom. The number of hydrogen-bond donors (Lipinski definition) is 1. The van der Waals surface area contributed by atoms with Crippen molar-refractivity contribution in [3.63, 3.8) is 0 Å². The molecular formula is C14H22FNO. The quantitative estimate of drug-likeness (QED) is 0.790. The highest BCUT2D eigenvalue weighted by molar-refractivity contribution is 5.17. The van der Waals surface area contributed by atoms with E-state index in [9.17, 15) is 4.39 Å². The Morgan fingerprint density at radius 1 is 1.29 bits per heavy atom. The van der Waals surface area contributed by atoms with Crippen molar-refractivity contribution in [1.82, 2.24) is 5.32 Å². The Hall–Kier alpha value is -0.930. The van der Waals surface area contributed by atoms with E-state index in [1.54, 1.807) is 7.11 Å². The van der Waals surface area contributed by atoms with Crippen LogP contribution >= 0.6 is 0 Å². The molecule has 0 amide bonds. The van der Waals surface area contributed by atoms with E-state index < -0.39 is 0 Å². The summed E-state index contributed by atoms with van der Waals surface area (Å²) in [6, 6.07) is 6.94. The minimum atomic E-state index is -0.188. The number of methoxy groups -OCH3 is 1. The van der Waals surface area contributed by atoms with Crippen molar-refractivity contribution in [2.75, 3.05) is 13.7 Å². The third-order valence-corrected chi connectivity index (χ3v) is 2.96. The van der Waals surface area contributed by atoms with Gasteiger partial charge in [0.1, 0.15) is 5.82 Å². The maximum Gasteiger partial charge on any atom is 0.123 e. The van der Waals surface area contributed by atoms with E-state index >= 15 is 0 Å². The second-order valence-corrected chi connectivity index (χ2v) is 4.33. The lowest BCUT2D eigenvalue weighted by atomic mass is 10.0. The molecule has 0 heterocycles. The van der Waals surface area contributed by atoms with Crippen molar-refractivity contribution < 1.29 is 9.13 Å². The fourth-order valence-corrected chi connectivity index (χ4v) is 1.77. The van der Waals surface area contributed by atoms with E-state index in [1.807, 2.05) is 12.1 Å². The average Bonchev–Trinajstić information content (AvgIpc) is 2.36. The van der Waals surface area contributed by atoms with Crippen LogP contribution in [0.4, 0.5) is 4.39 Å². The molecule has 0 aromatic heterocycles. The maximum absolute atomic E-state index is 12.8. The molecule has 0 aliphatic rings. The molecule has 2 nitrogen and oxygen atoms in total. The van der Waals surface area contributed by atoms with Gasteiger partial charge in [-0.2, -0.15) is 0 Å². The Bertz CT molecular complexity index is 313. The lowest BCUT2D eigenvalue weighted by molar-refractivity contribution is 0.0831. The summed E-state index contributed by atoms with van der Waals surface area (Å²) in [5.74, 6) is -0.188. The molecule has 17 heavy (non-hydrogen) atoms.